The van der Waals surface area contributed by atoms with E-state index in [4.69, 9.17) is 10.3 Å². The third-order valence-corrected chi connectivity index (χ3v) is 7.20. The molecule has 0 aliphatic carbocycles. The van der Waals surface area contributed by atoms with Crippen LogP contribution >= 0.6 is 0 Å². The summed E-state index contributed by atoms with van der Waals surface area (Å²) in [5.74, 6) is 0. The van der Waals surface area contributed by atoms with Gasteiger partial charge in [0.25, 0.3) is 0 Å². The Bertz CT molecular complexity index is 1950. The molecule has 3 nitrogen and oxygen atoms in total. The van der Waals surface area contributed by atoms with Crippen LogP contribution in [0.15, 0.2) is 152 Å². The maximum Gasteiger partial charge on any atom is 2.00 e. The average Bonchev–Trinajstić information content (AvgIpc) is 3.06. The first-order chi connectivity index (χ1) is 20.3. The van der Waals surface area contributed by atoms with Gasteiger partial charge in [0.1, 0.15) is 0 Å². The first-order valence-electron chi connectivity index (χ1n) is 13.6. The molecule has 4 heteroatoms. The minimum absolute atomic E-state index is 0. The molecule has 0 N–H and O–H groups in total. The molecule has 202 valence electrons. The van der Waals surface area contributed by atoms with Crippen LogP contribution in [0.3, 0.4) is 0 Å². The fourth-order valence-corrected chi connectivity index (χ4v) is 5.14. The van der Waals surface area contributed by atoms with Crippen LogP contribution in [0.4, 0.5) is 11.4 Å². The monoisotopic (exact) mass is 718 g/mol. The van der Waals surface area contributed by atoms with Gasteiger partial charge in [0.15, 0.2) is 0 Å². The number of para-hydroxylation sites is 1. The van der Waals surface area contributed by atoms with Crippen LogP contribution < -0.4 is 0 Å². The number of benzene rings is 5. The topological polar surface area (TPSA) is 39.9 Å². The Morgan fingerprint density at radius 1 is 0.524 bits per heavy atom. The van der Waals surface area contributed by atoms with Gasteiger partial charge in [-0.25, -0.2) is 0 Å². The predicted molar refractivity (Wildman–Crippen MR) is 169 cm³/mol. The SMILES string of the molecule is [Pt+2].[c-]1cc(-c2ccccc2)ccc1-c1cccc(-c2ccccc2[N-]c2c(-c3ccccn3)ccc3ccccc23)n1. The molecule has 7 aromatic rings. The van der Waals surface area contributed by atoms with Gasteiger partial charge in [-0.3, -0.25) is 9.97 Å². The summed E-state index contributed by atoms with van der Waals surface area (Å²) in [6, 6.07) is 52.9. The van der Waals surface area contributed by atoms with Gasteiger partial charge in [0.2, 0.25) is 0 Å². The molecular weight excluding hydrogens is 694 g/mol. The van der Waals surface area contributed by atoms with Crippen molar-refractivity contribution in [2.75, 3.05) is 0 Å². The molecule has 2 aromatic heterocycles. The molecule has 0 saturated carbocycles. The van der Waals surface area contributed by atoms with Crippen LogP contribution in [0.2, 0.25) is 0 Å². The predicted octanol–water partition coefficient (Wildman–Crippen LogP) is 10.4. The summed E-state index contributed by atoms with van der Waals surface area (Å²) < 4.78 is 0. The van der Waals surface area contributed by atoms with Crippen molar-refractivity contribution in [2.24, 2.45) is 0 Å². The van der Waals surface area contributed by atoms with Crippen molar-refractivity contribution >= 4 is 22.1 Å². The number of aromatic nitrogens is 2. The summed E-state index contributed by atoms with van der Waals surface area (Å²) in [5, 5.41) is 7.50. The van der Waals surface area contributed by atoms with E-state index >= 15 is 0 Å². The molecule has 0 aliphatic heterocycles. The van der Waals surface area contributed by atoms with Crippen LogP contribution in [0.1, 0.15) is 0 Å². The van der Waals surface area contributed by atoms with E-state index in [1.54, 1.807) is 0 Å². The first-order valence-corrected chi connectivity index (χ1v) is 13.6. The minimum atomic E-state index is 0. The van der Waals surface area contributed by atoms with Gasteiger partial charge in [-0.15, -0.1) is 41.2 Å². The van der Waals surface area contributed by atoms with Gasteiger partial charge in [-0.05, 0) is 45.8 Å². The molecular formula is C38H25N3Pt. The van der Waals surface area contributed by atoms with E-state index in [-0.39, 0.29) is 21.1 Å². The largest absolute Gasteiger partial charge is 2.00 e. The molecule has 2 heterocycles. The third-order valence-electron chi connectivity index (χ3n) is 7.20. The second-order valence-electron chi connectivity index (χ2n) is 9.79. The number of fused-ring (bicyclic) bond motifs is 1. The molecule has 0 saturated heterocycles. The number of nitrogens with zero attached hydrogens (tertiary/aromatic N) is 3. The fraction of sp³-hybridized carbons (Fsp3) is 0. The number of rotatable bonds is 6. The molecule has 0 aliphatic rings. The van der Waals surface area contributed by atoms with Crippen LogP contribution in [-0.4, -0.2) is 9.97 Å². The van der Waals surface area contributed by atoms with Gasteiger partial charge in [-0.2, -0.15) is 0 Å². The zero-order valence-electron chi connectivity index (χ0n) is 22.6. The van der Waals surface area contributed by atoms with Crippen molar-refractivity contribution in [3.8, 4) is 44.9 Å². The standard InChI is InChI=1S/C38H25N3.Pt/c1-2-11-27(12-3-1)28-20-22-30(23-21-28)34-18-10-19-36(40-34)32-15-6-7-17-37(32)41-38-31-14-5-4-13-29(31)24-25-33(38)35-16-8-9-26-39-35;/h1-22,24-26H;/q-2;+2. The Morgan fingerprint density at radius 2 is 1.29 bits per heavy atom. The minimum Gasteiger partial charge on any atom is -0.656 e. The Morgan fingerprint density at radius 3 is 2.12 bits per heavy atom. The quantitative estimate of drug-likeness (QED) is 0.161. The molecule has 0 spiro atoms. The Labute approximate surface area is 260 Å². The van der Waals surface area contributed by atoms with Crippen LogP contribution in [0.5, 0.6) is 0 Å². The van der Waals surface area contributed by atoms with E-state index in [1.165, 1.54) is 5.56 Å². The second kappa shape index (κ2) is 12.3. The Hall–Kier alpha value is -4.85. The zero-order chi connectivity index (χ0) is 27.4. The number of hydrogen-bond donors (Lipinski definition) is 0. The molecule has 42 heavy (non-hydrogen) atoms. The first kappa shape index (κ1) is 27.3. The Kier molecular flexibility index (Phi) is 8.03. The summed E-state index contributed by atoms with van der Waals surface area (Å²) in [5.41, 5.74) is 9.60. The number of hydrogen-bond acceptors (Lipinski definition) is 2. The maximum atomic E-state index is 5.28. The van der Waals surface area contributed by atoms with Crippen molar-refractivity contribution in [3.63, 3.8) is 0 Å². The normalized spacial score (nSPS) is 10.7. The number of pyridine rings is 2. The molecule has 0 fully saturated rings. The molecule has 0 atom stereocenters. The molecule has 5 aromatic carbocycles. The van der Waals surface area contributed by atoms with E-state index in [9.17, 15) is 0 Å². The zero-order valence-corrected chi connectivity index (χ0v) is 24.9. The summed E-state index contributed by atoms with van der Waals surface area (Å²) in [6.07, 6.45) is 1.82. The van der Waals surface area contributed by atoms with E-state index in [0.29, 0.717) is 0 Å². The van der Waals surface area contributed by atoms with Crippen molar-refractivity contribution in [1.29, 1.82) is 0 Å². The van der Waals surface area contributed by atoms with Crippen molar-refractivity contribution in [1.82, 2.24) is 9.97 Å². The molecule has 7 rings (SSSR count). The summed E-state index contributed by atoms with van der Waals surface area (Å²) in [7, 11) is 0. The van der Waals surface area contributed by atoms with Gasteiger partial charge < -0.3 is 5.32 Å². The summed E-state index contributed by atoms with van der Waals surface area (Å²) in [6.45, 7) is 0. The van der Waals surface area contributed by atoms with E-state index in [1.807, 2.05) is 79.0 Å². The smallest absolute Gasteiger partial charge is 0.656 e. The van der Waals surface area contributed by atoms with Crippen molar-refractivity contribution in [3.05, 3.63) is 163 Å². The summed E-state index contributed by atoms with van der Waals surface area (Å²) in [4.78, 5) is 9.69. The van der Waals surface area contributed by atoms with E-state index in [2.05, 4.69) is 83.8 Å². The van der Waals surface area contributed by atoms with Crippen molar-refractivity contribution < 1.29 is 21.1 Å². The van der Waals surface area contributed by atoms with Gasteiger partial charge in [0.05, 0.1) is 11.4 Å². The van der Waals surface area contributed by atoms with Crippen LogP contribution in [0.25, 0.3) is 61.0 Å². The molecule has 0 radical (unpaired) electrons. The molecule has 0 unspecified atom stereocenters. The van der Waals surface area contributed by atoms with Gasteiger partial charge in [-0.1, -0.05) is 120 Å². The third kappa shape index (κ3) is 5.52. The van der Waals surface area contributed by atoms with Crippen molar-refractivity contribution in [2.45, 2.75) is 0 Å². The van der Waals surface area contributed by atoms with Crippen LogP contribution in [0, 0.1) is 6.07 Å². The van der Waals surface area contributed by atoms with Crippen LogP contribution in [-0.2, 0) is 21.1 Å². The fourth-order valence-electron chi connectivity index (χ4n) is 5.14. The van der Waals surface area contributed by atoms with Gasteiger partial charge in [0, 0.05) is 6.20 Å². The molecule has 0 bridgehead atoms. The van der Waals surface area contributed by atoms with Gasteiger partial charge >= 0.3 is 21.1 Å². The summed E-state index contributed by atoms with van der Waals surface area (Å²) >= 11 is 0. The van der Waals surface area contributed by atoms with E-state index < -0.39 is 0 Å². The molecule has 0 amide bonds. The average molecular weight is 719 g/mol. The second-order valence-corrected chi connectivity index (χ2v) is 9.79. The Balaban J connectivity index is 0.00000316. The maximum absolute atomic E-state index is 5.28. The van der Waals surface area contributed by atoms with E-state index in [0.717, 1.165) is 61.5 Å².